The van der Waals surface area contributed by atoms with Crippen LogP contribution in [0.1, 0.15) is 0 Å². The highest BCUT2D eigenvalue weighted by Gasteiger charge is 2.22. The van der Waals surface area contributed by atoms with Crippen molar-refractivity contribution in [1.82, 2.24) is 15.0 Å². The van der Waals surface area contributed by atoms with Crippen LogP contribution in [0.15, 0.2) is 168 Å². The number of nitrogens with zero attached hydrogens (tertiary/aromatic N) is 3. The van der Waals surface area contributed by atoms with Gasteiger partial charge < -0.3 is 4.42 Å². The zero-order chi connectivity index (χ0) is 37.2. The van der Waals surface area contributed by atoms with E-state index >= 15 is 0 Å². The Morgan fingerprint density at radius 2 is 0.842 bits per heavy atom. The van der Waals surface area contributed by atoms with Crippen molar-refractivity contribution in [3.63, 3.8) is 0 Å². The fraction of sp³-hybridized carbons (Fsp3) is 0. The molecule has 0 aliphatic rings. The number of fused-ring (bicyclic) bond motifs is 15. The fourth-order valence-electron chi connectivity index (χ4n) is 8.90. The first-order chi connectivity index (χ1) is 28.2. The zero-order valence-corrected chi connectivity index (χ0v) is 31.8. The number of hydrogen-bond acceptors (Lipinski definition) is 6. The van der Waals surface area contributed by atoms with Gasteiger partial charge in [0.2, 0.25) is 0 Å². The molecule has 57 heavy (non-hydrogen) atoms. The summed E-state index contributed by atoms with van der Waals surface area (Å²) >= 11 is 3.66. The van der Waals surface area contributed by atoms with Gasteiger partial charge in [-0.1, -0.05) is 115 Å². The van der Waals surface area contributed by atoms with E-state index in [0.29, 0.717) is 17.5 Å². The third-order valence-electron chi connectivity index (χ3n) is 11.5. The number of furan rings is 1. The molecular formula is C51H27N3OS2. The molecule has 13 rings (SSSR count). The summed E-state index contributed by atoms with van der Waals surface area (Å²) in [4.78, 5) is 16.3. The highest BCUT2D eigenvalue weighted by Crippen LogP contribution is 2.47. The zero-order valence-electron chi connectivity index (χ0n) is 30.2. The van der Waals surface area contributed by atoms with E-state index in [9.17, 15) is 0 Å². The van der Waals surface area contributed by atoms with Crippen LogP contribution in [0.3, 0.4) is 0 Å². The first kappa shape index (κ1) is 31.2. The van der Waals surface area contributed by atoms with Crippen LogP contribution in [0, 0.1) is 0 Å². The molecule has 0 bridgehead atoms. The Labute approximate surface area is 332 Å². The van der Waals surface area contributed by atoms with Gasteiger partial charge in [-0.15, -0.1) is 22.7 Å². The normalized spacial score (nSPS) is 12.2. The van der Waals surface area contributed by atoms with Crippen LogP contribution in [0.2, 0.25) is 0 Å². The summed E-state index contributed by atoms with van der Waals surface area (Å²) in [6.45, 7) is 0. The molecule has 0 unspecified atom stereocenters. The van der Waals surface area contributed by atoms with Gasteiger partial charge in [-0.3, -0.25) is 0 Å². The molecule has 0 saturated carbocycles. The molecule has 0 N–H and O–H groups in total. The second-order valence-corrected chi connectivity index (χ2v) is 16.8. The standard InChI is InChI=1S/C51H27N3OS2/c1-4-14-32-28(11-1)21-24-41-44(32)37-27-31(22-23-40(37)55-41)49-52-50(38-25-29-12-2-5-15-33(29)47-45(38)35-17-7-9-19-42(35)56-47)54-51(53-49)39-26-30-13-3-6-16-34(30)48-46(39)36-18-8-10-20-43(36)57-48/h1-27H. The Balaban J connectivity index is 1.16. The van der Waals surface area contributed by atoms with Crippen LogP contribution in [-0.4, -0.2) is 15.0 Å². The molecule has 0 spiro atoms. The number of hydrogen-bond donors (Lipinski definition) is 0. The first-order valence-corrected chi connectivity index (χ1v) is 20.6. The summed E-state index contributed by atoms with van der Waals surface area (Å²) in [5.41, 5.74) is 4.60. The Bertz CT molecular complexity index is 3660. The van der Waals surface area contributed by atoms with E-state index in [2.05, 4.69) is 164 Å². The average Bonchev–Trinajstić information content (AvgIpc) is 3.98. The summed E-state index contributed by atoms with van der Waals surface area (Å²) in [5.74, 6) is 1.92. The van der Waals surface area contributed by atoms with Crippen molar-refractivity contribution in [1.29, 1.82) is 0 Å². The van der Waals surface area contributed by atoms with Crippen LogP contribution < -0.4 is 0 Å². The molecule has 0 atom stereocenters. The maximum absolute atomic E-state index is 6.43. The molecule has 4 nitrogen and oxygen atoms in total. The monoisotopic (exact) mass is 761 g/mol. The molecule has 9 aromatic carbocycles. The highest BCUT2D eigenvalue weighted by molar-refractivity contribution is 7.27. The Kier molecular flexibility index (Phi) is 6.45. The summed E-state index contributed by atoms with van der Waals surface area (Å²) < 4.78 is 11.4. The lowest BCUT2D eigenvalue weighted by Gasteiger charge is -2.13. The summed E-state index contributed by atoms with van der Waals surface area (Å²) in [6, 6.07) is 58.2. The van der Waals surface area contributed by atoms with E-state index in [1.807, 2.05) is 22.7 Å². The SMILES string of the molecule is c1ccc2c(c1)cc(-c1nc(-c3ccc4oc5ccc6ccccc6c5c4c3)nc(-c3cc4ccccc4c4sc5ccccc5c34)n1)c1c3ccccc3sc21. The van der Waals surface area contributed by atoms with Gasteiger partial charge in [-0.25, -0.2) is 15.0 Å². The van der Waals surface area contributed by atoms with Gasteiger partial charge in [-0.05, 0) is 80.8 Å². The minimum Gasteiger partial charge on any atom is -0.456 e. The lowest BCUT2D eigenvalue weighted by molar-refractivity contribution is 0.669. The van der Waals surface area contributed by atoms with E-state index in [1.54, 1.807) is 0 Å². The Morgan fingerprint density at radius 3 is 1.46 bits per heavy atom. The highest BCUT2D eigenvalue weighted by atomic mass is 32.1. The Morgan fingerprint density at radius 1 is 0.351 bits per heavy atom. The topological polar surface area (TPSA) is 51.8 Å². The molecule has 6 heteroatoms. The molecule has 13 aromatic rings. The van der Waals surface area contributed by atoms with Gasteiger partial charge in [0.15, 0.2) is 17.5 Å². The van der Waals surface area contributed by atoms with Crippen LogP contribution in [0.5, 0.6) is 0 Å². The molecule has 0 aliphatic heterocycles. The second kappa shape index (κ2) is 11.8. The van der Waals surface area contributed by atoms with Crippen LogP contribution >= 0.6 is 22.7 Å². The van der Waals surface area contributed by atoms with Crippen LogP contribution in [0.25, 0.3) is 129 Å². The van der Waals surface area contributed by atoms with Crippen molar-refractivity contribution >= 4 is 117 Å². The summed E-state index contributed by atoms with van der Waals surface area (Å²) in [7, 11) is 0. The minimum absolute atomic E-state index is 0.619. The molecule has 0 amide bonds. The molecule has 4 heterocycles. The predicted molar refractivity (Wildman–Crippen MR) is 242 cm³/mol. The van der Waals surface area contributed by atoms with Crippen LogP contribution in [-0.2, 0) is 0 Å². The van der Waals surface area contributed by atoms with Gasteiger partial charge in [-0.2, -0.15) is 0 Å². The molecule has 0 radical (unpaired) electrons. The third kappa shape index (κ3) is 4.57. The molecule has 0 aliphatic carbocycles. The number of thiophene rings is 2. The molecule has 0 fully saturated rings. The maximum Gasteiger partial charge on any atom is 0.164 e. The van der Waals surface area contributed by atoms with E-state index in [-0.39, 0.29) is 0 Å². The van der Waals surface area contributed by atoms with Crippen molar-refractivity contribution in [3.8, 4) is 34.2 Å². The van der Waals surface area contributed by atoms with Crippen molar-refractivity contribution in [2.75, 3.05) is 0 Å². The lowest BCUT2D eigenvalue weighted by atomic mass is 9.98. The second-order valence-electron chi connectivity index (χ2n) is 14.7. The van der Waals surface area contributed by atoms with E-state index in [4.69, 9.17) is 19.4 Å². The van der Waals surface area contributed by atoms with Gasteiger partial charge >= 0.3 is 0 Å². The van der Waals surface area contributed by atoms with Crippen molar-refractivity contribution < 1.29 is 4.42 Å². The number of aromatic nitrogens is 3. The third-order valence-corrected chi connectivity index (χ3v) is 13.9. The summed E-state index contributed by atoms with van der Waals surface area (Å²) in [5, 5.41) is 14.0. The predicted octanol–water partition coefficient (Wildman–Crippen LogP) is 15.0. The first-order valence-electron chi connectivity index (χ1n) is 19.0. The van der Waals surface area contributed by atoms with Crippen molar-refractivity contribution in [3.05, 3.63) is 164 Å². The summed E-state index contributed by atoms with van der Waals surface area (Å²) in [6.07, 6.45) is 0. The lowest BCUT2D eigenvalue weighted by Crippen LogP contribution is -2.01. The van der Waals surface area contributed by atoms with Crippen molar-refractivity contribution in [2.24, 2.45) is 0 Å². The maximum atomic E-state index is 6.43. The molecular weight excluding hydrogens is 735 g/mol. The van der Waals surface area contributed by atoms with Gasteiger partial charge in [0.1, 0.15) is 11.2 Å². The molecule has 0 saturated heterocycles. The smallest absolute Gasteiger partial charge is 0.164 e. The van der Waals surface area contributed by atoms with E-state index < -0.39 is 0 Å². The minimum atomic E-state index is 0.619. The van der Waals surface area contributed by atoms with Crippen molar-refractivity contribution in [2.45, 2.75) is 0 Å². The Hall–Kier alpha value is -6.99. The molecule has 264 valence electrons. The van der Waals surface area contributed by atoms with E-state index in [0.717, 1.165) is 54.8 Å². The van der Waals surface area contributed by atoms with Crippen LogP contribution in [0.4, 0.5) is 0 Å². The van der Waals surface area contributed by atoms with Gasteiger partial charge in [0, 0.05) is 67.8 Å². The quantitative estimate of drug-likeness (QED) is 0.180. The average molecular weight is 762 g/mol. The number of benzene rings is 9. The number of rotatable bonds is 3. The fourth-order valence-corrected chi connectivity index (χ4v) is 11.4. The molecule has 4 aromatic heterocycles. The van der Waals surface area contributed by atoms with E-state index in [1.165, 1.54) is 56.5 Å². The largest absolute Gasteiger partial charge is 0.456 e. The van der Waals surface area contributed by atoms with Gasteiger partial charge in [0.25, 0.3) is 0 Å². The van der Waals surface area contributed by atoms with Gasteiger partial charge in [0.05, 0.1) is 0 Å².